The van der Waals surface area contributed by atoms with E-state index >= 15 is 0 Å². The van der Waals surface area contributed by atoms with Crippen molar-refractivity contribution in [2.24, 2.45) is 0 Å². The molecule has 0 spiro atoms. The maximum atomic E-state index is 5.94. The molecule has 2 aromatic carbocycles. The summed E-state index contributed by atoms with van der Waals surface area (Å²) in [6.45, 7) is 6.52. The third-order valence-electron chi connectivity index (χ3n) is 3.18. The fourth-order valence-corrected chi connectivity index (χ4v) is 2.92. The van der Waals surface area contributed by atoms with E-state index in [0.29, 0.717) is 0 Å². The average Bonchev–Trinajstić information content (AvgIpc) is 2.29. The Morgan fingerprint density at radius 3 is 2.12 bits per heavy atom. The van der Waals surface area contributed by atoms with Crippen molar-refractivity contribution in [2.75, 3.05) is 0 Å². The van der Waals surface area contributed by atoms with E-state index in [1.54, 1.807) is 0 Å². The predicted molar refractivity (Wildman–Crippen MR) is 83.8 cm³/mol. The van der Waals surface area contributed by atoms with E-state index in [4.69, 9.17) is 11.6 Å². The van der Waals surface area contributed by atoms with E-state index in [1.165, 1.54) is 31.4 Å². The summed E-state index contributed by atoms with van der Waals surface area (Å²) in [7, 11) is 0. The van der Waals surface area contributed by atoms with Crippen LogP contribution in [0.1, 0.15) is 16.7 Å². The molecular formula is C15H14ClI. The van der Waals surface area contributed by atoms with Crippen LogP contribution in [0.5, 0.6) is 0 Å². The first-order valence-electron chi connectivity index (χ1n) is 5.53. The number of benzene rings is 2. The minimum absolute atomic E-state index is 0.784. The van der Waals surface area contributed by atoms with Crippen LogP contribution in [0.2, 0.25) is 5.02 Å². The van der Waals surface area contributed by atoms with Crippen LogP contribution in [0.4, 0.5) is 0 Å². The Morgan fingerprint density at radius 1 is 0.941 bits per heavy atom. The Labute approximate surface area is 121 Å². The molecule has 0 N–H and O–H groups in total. The van der Waals surface area contributed by atoms with Crippen molar-refractivity contribution in [3.63, 3.8) is 0 Å². The zero-order chi connectivity index (χ0) is 12.6. The fraction of sp³-hybridized carbons (Fsp3) is 0.200. The van der Waals surface area contributed by atoms with Crippen LogP contribution < -0.4 is 0 Å². The van der Waals surface area contributed by atoms with Gasteiger partial charge in [-0.15, -0.1) is 0 Å². The molecular weight excluding hydrogens is 343 g/mol. The molecule has 0 saturated carbocycles. The van der Waals surface area contributed by atoms with Crippen molar-refractivity contribution < 1.29 is 0 Å². The standard InChI is InChI=1S/C15H14ClI/c1-9-8-14(17)11(3)15(10(9)2)12-4-6-13(16)7-5-12/h4-8H,1-3H3. The lowest BCUT2D eigenvalue weighted by Gasteiger charge is -2.14. The summed E-state index contributed by atoms with van der Waals surface area (Å²) < 4.78 is 1.32. The van der Waals surface area contributed by atoms with E-state index < -0.39 is 0 Å². The third-order valence-corrected chi connectivity index (χ3v) is 4.55. The second-order valence-corrected chi connectivity index (χ2v) is 5.91. The topological polar surface area (TPSA) is 0 Å². The number of hydrogen-bond donors (Lipinski definition) is 0. The molecule has 0 saturated heterocycles. The molecule has 0 aliphatic rings. The number of aryl methyl sites for hydroxylation is 1. The molecule has 0 heterocycles. The monoisotopic (exact) mass is 356 g/mol. The van der Waals surface area contributed by atoms with Crippen molar-refractivity contribution in [3.05, 3.63) is 55.6 Å². The lowest BCUT2D eigenvalue weighted by Crippen LogP contribution is -1.94. The molecule has 88 valence electrons. The highest BCUT2D eigenvalue weighted by atomic mass is 127. The first-order chi connectivity index (χ1) is 8.00. The van der Waals surface area contributed by atoms with Crippen molar-refractivity contribution >= 4 is 34.2 Å². The van der Waals surface area contributed by atoms with Crippen LogP contribution in [0.3, 0.4) is 0 Å². The molecule has 0 aromatic heterocycles. The minimum Gasteiger partial charge on any atom is -0.0843 e. The van der Waals surface area contributed by atoms with E-state index in [1.807, 2.05) is 12.1 Å². The normalized spacial score (nSPS) is 10.6. The van der Waals surface area contributed by atoms with Gasteiger partial charge in [-0.2, -0.15) is 0 Å². The van der Waals surface area contributed by atoms with Gasteiger partial charge in [0.2, 0.25) is 0 Å². The van der Waals surface area contributed by atoms with Crippen LogP contribution >= 0.6 is 34.2 Å². The van der Waals surface area contributed by atoms with Crippen molar-refractivity contribution in [1.29, 1.82) is 0 Å². The van der Waals surface area contributed by atoms with Gasteiger partial charge >= 0.3 is 0 Å². The molecule has 0 radical (unpaired) electrons. The molecule has 17 heavy (non-hydrogen) atoms. The highest BCUT2D eigenvalue weighted by Gasteiger charge is 2.10. The molecule has 0 aliphatic carbocycles. The van der Waals surface area contributed by atoms with Gasteiger partial charge in [0.05, 0.1) is 0 Å². The Hall–Kier alpha value is -0.540. The number of rotatable bonds is 1. The molecule has 0 aliphatic heterocycles. The lowest BCUT2D eigenvalue weighted by molar-refractivity contribution is 1.28. The van der Waals surface area contributed by atoms with Gasteiger partial charge in [0.15, 0.2) is 0 Å². The quantitative estimate of drug-likeness (QED) is 0.589. The van der Waals surface area contributed by atoms with Gasteiger partial charge in [0.25, 0.3) is 0 Å². The first-order valence-corrected chi connectivity index (χ1v) is 6.98. The summed E-state index contributed by atoms with van der Waals surface area (Å²) in [5.74, 6) is 0. The average molecular weight is 357 g/mol. The fourth-order valence-electron chi connectivity index (χ4n) is 2.05. The summed E-state index contributed by atoms with van der Waals surface area (Å²) in [6, 6.07) is 10.3. The molecule has 2 aromatic rings. The summed E-state index contributed by atoms with van der Waals surface area (Å²) >= 11 is 8.34. The highest BCUT2D eigenvalue weighted by Crippen LogP contribution is 2.32. The zero-order valence-corrected chi connectivity index (χ0v) is 13.1. The molecule has 0 bridgehead atoms. The molecule has 0 amide bonds. The predicted octanol–water partition coefficient (Wildman–Crippen LogP) is 5.54. The van der Waals surface area contributed by atoms with E-state index in [2.05, 4.69) is 61.6 Å². The number of halogens is 2. The second kappa shape index (κ2) is 4.99. The van der Waals surface area contributed by atoms with Crippen molar-refractivity contribution in [3.8, 4) is 11.1 Å². The Kier molecular flexibility index (Phi) is 3.79. The Balaban J connectivity index is 2.70. The summed E-state index contributed by atoms with van der Waals surface area (Å²) in [6.07, 6.45) is 0. The van der Waals surface area contributed by atoms with Crippen LogP contribution in [0, 0.1) is 24.3 Å². The van der Waals surface area contributed by atoms with E-state index in [-0.39, 0.29) is 0 Å². The molecule has 2 heteroatoms. The SMILES string of the molecule is Cc1cc(I)c(C)c(-c2ccc(Cl)cc2)c1C. The number of hydrogen-bond acceptors (Lipinski definition) is 0. The van der Waals surface area contributed by atoms with Crippen LogP contribution in [-0.4, -0.2) is 0 Å². The van der Waals surface area contributed by atoms with Gasteiger partial charge in [-0.1, -0.05) is 23.7 Å². The third kappa shape index (κ3) is 2.50. The first kappa shape index (κ1) is 12.9. The van der Waals surface area contributed by atoms with Gasteiger partial charge in [-0.05, 0) is 89.4 Å². The van der Waals surface area contributed by atoms with Gasteiger partial charge in [0.1, 0.15) is 0 Å². The van der Waals surface area contributed by atoms with Crippen molar-refractivity contribution in [2.45, 2.75) is 20.8 Å². The maximum Gasteiger partial charge on any atom is 0.0406 e. The van der Waals surface area contributed by atoms with Gasteiger partial charge in [-0.3, -0.25) is 0 Å². The maximum absolute atomic E-state index is 5.94. The Bertz CT molecular complexity index is 530. The second-order valence-electron chi connectivity index (χ2n) is 4.31. The largest absolute Gasteiger partial charge is 0.0843 e. The van der Waals surface area contributed by atoms with Crippen LogP contribution in [0.25, 0.3) is 11.1 Å². The molecule has 0 atom stereocenters. The summed E-state index contributed by atoms with van der Waals surface area (Å²) in [5, 5.41) is 0.784. The smallest absolute Gasteiger partial charge is 0.0406 e. The van der Waals surface area contributed by atoms with E-state index in [9.17, 15) is 0 Å². The molecule has 0 fully saturated rings. The zero-order valence-electron chi connectivity index (χ0n) is 10.1. The molecule has 0 nitrogen and oxygen atoms in total. The van der Waals surface area contributed by atoms with Crippen LogP contribution in [0.15, 0.2) is 30.3 Å². The summed E-state index contributed by atoms with van der Waals surface area (Å²) in [4.78, 5) is 0. The van der Waals surface area contributed by atoms with Gasteiger partial charge < -0.3 is 0 Å². The van der Waals surface area contributed by atoms with E-state index in [0.717, 1.165) is 5.02 Å². The molecule has 0 unspecified atom stereocenters. The van der Waals surface area contributed by atoms with Gasteiger partial charge in [-0.25, -0.2) is 0 Å². The Morgan fingerprint density at radius 2 is 1.53 bits per heavy atom. The van der Waals surface area contributed by atoms with Crippen molar-refractivity contribution in [1.82, 2.24) is 0 Å². The lowest BCUT2D eigenvalue weighted by atomic mass is 9.93. The van der Waals surface area contributed by atoms with Gasteiger partial charge in [0, 0.05) is 8.59 Å². The molecule has 2 rings (SSSR count). The summed E-state index contributed by atoms with van der Waals surface area (Å²) in [5.41, 5.74) is 6.61. The van der Waals surface area contributed by atoms with Crippen LogP contribution in [-0.2, 0) is 0 Å². The highest BCUT2D eigenvalue weighted by molar-refractivity contribution is 14.1. The minimum atomic E-state index is 0.784.